The Balaban J connectivity index is 2.82. The molecule has 0 aromatic heterocycles. The van der Waals surface area contributed by atoms with E-state index in [4.69, 9.17) is 11.6 Å². The molecule has 0 radical (unpaired) electrons. The summed E-state index contributed by atoms with van der Waals surface area (Å²) in [6.45, 7) is 6.37. The summed E-state index contributed by atoms with van der Waals surface area (Å²) in [5.74, 6) is 0.513. The van der Waals surface area contributed by atoms with E-state index in [1.165, 1.54) is 0 Å². The van der Waals surface area contributed by atoms with Gasteiger partial charge in [0.2, 0.25) is 5.91 Å². The van der Waals surface area contributed by atoms with E-state index in [2.05, 4.69) is 31.4 Å². The van der Waals surface area contributed by atoms with E-state index in [0.29, 0.717) is 5.92 Å². The fraction of sp³-hybridized carbons (Fsp3) is 0.562. The third-order valence-corrected chi connectivity index (χ3v) is 3.60. The van der Waals surface area contributed by atoms with Crippen LogP contribution in [0.15, 0.2) is 24.3 Å². The molecular weight excluding hydrogens is 272 g/mol. The van der Waals surface area contributed by atoms with Gasteiger partial charge in [0.25, 0.3) is 0 Å². The number of rotatable bonds is 7. The van der Waals surface area contributed by atoms with Gasteiger partial charge in [0.1, 0.15) is 0 Å². The van der Waals surface area contributed by atoms with Crippen LogP contribution in [0, 0.1) is 5.92 Å². The Morgan fingerprint density at radius 2 is 1.85 bits per heavy atom. The Bertz CT molecular complexity index is 417. The number of hydrogen-bond donors (Lipinski definition) is 2. The van der Waals surface area contributed by atoms with E-state index in [1.54, 1.807) is 7.05 Å². The quantitative estimate of drug-likeness (QED) is 0.808. The molecule has 2 atom stereocenters. The first-order valence-corrected chi connectivity index (χ1v) is 7.58. The molecule has 0 bridgehead atoms. The lowest BCUT2D eigenvalue weighted by molar-refractivity contribution is -0.123. The normalized spacial score (nSPS) is 14.1. The SMILES string of the molecule is CCC(NC(CC(C)C)C(=O)NC)c1ccc(Cl)cc1. The van der Waals surface area contributed by atoms with Crippen molar-refractivity contribution in [2.75, 3.05) is 7.05 Å². The first-order valence-electron chi connectivity index (χ1n) is 7.21. The second-order valence-electron chi connectivity index (χ2n) is 5.48. The molecule has 0 fully saturated rings. The van der Waals surface area contributed by atoms with Crippen LogP contribution < -0.4 is 10.6 Å². The van der Waals surface area contributed by atoms with Crippen LogP contribution in [0.4, 0.5) is 0 Å². The smallest absolute Gasteiger partial charge is 0.236 e. The molecule has 0 heterocycles. The van der Waals surface area contributed by atoms with Crippen molar-refractivity contribution in [3.05, 3.63) is 34.9 Å². The van der Waals surface area contributed by atoms with Gasteiger partial charge in [-0.05, 0) is 36.5 Å². The summed E-state index contributed by atoms with van der Waals surface area (Å²) in [6, 6.07) is 7.80. The van der Waals surface area contributed by atoms with Crippen LogP contribution in [0.25, 0.3) is 0 Å². The van der Waals surface area contributed by atoms with Crippen molar-refractivity contribution in [1.29, 1.82) is 0 Å². The average molecular weight is 297 g/mol. The van der Waals surface area contributed by atoms with E-state index in [0.717, 1.165) is 23.4 Å². The summed E-state index contributed by atoms with van der Waals surface area (Å²) >= 11 is 5.92. The molecule has 3 nitrogen and oxygen atoms in total. The molecule has 2 unspecified atom stereocenters. The number of hydrogen-bond acceptors (Lipinski definition) is 2. The number of halogens is 1. The maximum Gasteiger partial charge on any atom is 0.236 e. The molecule has 0 aliphatic heterocycles. The molecule has 1 rings (SSSR count). The van der Waals surface area contributed by atoms with Crippen molar-refractivity contribution in [1.82, 2.24) is 10.6 Å². The van der Waals surface area contributed by atoms with E-state index in [9.17, 15) is 4.79 Å². The topological polar surface area (TPSA) is 41.1 Å². The fourth-order valence-corrected chi connectivity index (χ4v) is 2.41. The summed E-state index contributed by atoms with van der Waals surface area (Å²) in [5, 5.41) is 6.93. The maximum atomic E-state index is 12.0. The van der Waals surface area contributed by atoms with Crippen LogP contribution in [-0.4, -0.2) is 19.0 Å². The molecule has 1 aromatic rings. The highest BCUT2D eigenvalue weighted by molar-refractivity contribution is 6.30. The summed E-state index contributed by atoms with van der Waals surface area (Å²) < 4.78 is 0. The van der Waals surface area contributed by atoms with Crippen LogP contribution >= 0.6 is 11.6 Å². The second-order valence-corrected chi connectivity index (χ2v) is 5.91. The maximum absolute atomic E-state index is 12.0. The van der Waals surface area contributed by atoms with Crippen molar-refractivity contribution in [2.45, 2.75) is 45.7 Å². The van der Waals surface area contributed by atoms with Crippen LogP contribution in [0.3, 0.4) is 0 Å². The zero-order valence-corrected chi connectivity index (χ0v) is 13.5. The first-order chi connectivity index (χ1) is 9.47. The van der Waals surface area contributed by atoms with Gasteiger partial charge in [-0.2, -0.15) is 0 Å². The van der Waals surface area contributed by atoms with E-state index in [-0.39, 0.29) is 18.0 Å². The molecule has 20 heavy (non-hydrogen) atoms. The molecule has 1 amide bonds. The molecule has 0 spiro atoms. The third kappa shape index (κ3) is 5.14. The summed E-state index contributed by atoms with van der Waals surface area (Å²) in [7, 11) is 1.68. The molecule has 0 saturated carbocycles. The predicted molar refractivity (Wildman–Crippen MR) is 84.9 cm³/mol. The van der Waals surface area contributed by atoms with Gasteiger partial charge in [0.15, 0.2) is 0 Å². The minimum absolute atomic E-state index is 0.0473. The molecule has 0 aliphatic rings. The number of benzene rings is 1. The Morgan fingerprint density at radius 3 is 2.30 bits per heavy atom. The van der Waals surface area contributed by atoms with Gasteiger partial charge in [-0.3, -0.25) is 10.1 Å². The molecular formula is C16H25ClN2O. The Hall–Kier alpha value is -1.06. The number of amides is 1. The Labute approximate surface area is 127 Å². The molecule has 1 aromatic carbocycles. The van der Waals surface area contributed by atoms with Crippen molar-refractivity contribution in [3.63, 3.8) is 0 Å². The van der Waals surface area contributed by atoms with Crippen LogP contribution in [-0.2, 0) is 4.79 Å². The highest BCUT2D eigenvalue weighted by Gasteiger charge is 2.22. The minimum Gasteiger partial charge on any atom is -0.358 e. The van der Waals surface area contributed by atoms with Crippen molar-refractivity contribution < 1.29 is 4.79 Å². The number of nitrogens with one attached hydrogen (secondary N) is 2. The fourth-order valence-electron chi connectivity index (χ4n) is 2.28. The average Bonchev–Trinajstić information content (AvgIpc) is 2.43. The summed E-state index contributed by atoms with van der Waals surface area (Å²) in [6.07, 6.45) is 1.75. The van der Waals surface area contributed by atoms with Gasteiger partial charge in [0.05, 0.1) is 6.04 Å². The van der Waals surface area contributed by atoms with Gasteiger partial charge >= 0.3 is 0 Å². The van der Waals surface area contributed by atoms with Gasteiger partial charge in [-0.1, -0.05) is 44.5 Å². The largest absolute Gasteiger partial charge is 0.358 e. The molecule has 2 N–H and O–H groups in total. The molecule has 4 heteroatoms. The van der Waals surface area contributed by atoms with Gasteiger partial charge in [0, 0.05) is 18.1 Å². The zero-order chi connectivity index (χ0) is 15.1. The predicted octanol–water partition coefficient (Wildman–Crippen LogP) is 3.54. The van der Waals surface area contributed by atoms with E-state index < -0.39 is 0 Å². The van der Waals surface area contributed by atoms with Crippen LogP contribution in [0.5, 0.6) is 0 Å². The number of likely N-dealkylation sites (N-methyl/N-ethyl adjacent to an activating group) is 1. The monoisotopic (exact) mass is 296 g/mol. The molecule has 0 aliphatic carbocycles. The van der Waals surface area contributed by atoms with Gasteiger partial charge in [-0.15, -0.1) is 0 Å². The Morgan fingerprint density at radius 1 is 1.25 bits per heavy atom. The lowest BCUT2D eigenvalue weighted by Gasteiger charge is -2.25. The standard InChI is InChI=1S/C16H25ClN2O/c1-5-14(12-6-8-13(17)9-7-12)19-15(10-11(2)3)16(20)18-4/h6-9,11,14-15,19H,5,10H2,1-4H3,(H,18,20). The highest BCUT2D eigenvalue weighted by atomic mass is 35.5. The third-order valence-electron chi connectivity index (χ3n) is 3.35. The van der Waals surface area contributed by atoms with E-state index in [1.807, 2.05) is 24.3 Å². The van der Waals surface area contributed by atoms with Crippen molar-refractivity contribution in [2.24, 2.45) is 5.92 Å². The molecule has 112 valence electrons. The lowest BCUT2D eigenvalue weighted by Crippen LogP contribution is -2.45. The minimum atomic E-state index is -0.166. The zero-order valence-electron chi connectivity index (χ0n) is 12.7. The summed E-state index contributed by atoms with van der Waals surface area (Å²) in [5.41, 5.74) is 1.16. The molecule has 0 saturated heterocycles. The van der Waals surface area contributed by atoms with Crippen LogP contribution in [0.1, 0.15) is 45.2 Å². The van der Waals surface area contributed by atoms with Gasteiger partial charge < -0.3 is 5.32 Å². The van der Waals surface area contributed by atoms with Crippen molar-refractivity contribution >= 4 is 17.5 Å². The second kappa shape index (κ2) is 8.28. The lowest BCUT2D eigenvalue weighted by atomic mass is 9.99. The highest BCUT2D eigenvalue weighted by Crippen LogP contribution is 2.21. The van der Waals surface area contributed by atoms with Crippen LogP contribution in [0.2, 0.25) is 5.02 Å². The first kappa shape index (κ1) is 17.0. The van der Waals surface area contributed by atoms with Crippen molar-refractivity contribution in [3.8, 4) is 0 Å². The Kier molecular flexibility index (Phi) is 7.03. The number of carbonyl (C=O) groups is 1. The van der Waals surface area contributed by atoms with Gasteiger partial charge in [-0.25, -0.2) is 0 Å². The van der Waals surface area contributed by atoms with E-state index >= 15 is 0 Å². The summed E-state index contributed by atoms with van der Waals surface area (Å²) in [4.78, 5) is 12.0. The number of carbonyl (C=O) groups excluding carboxylic acids is 1.